The van der Waals surface area contributed by atoms with E-state index in [9.17, 15) is 0 Å². The Morgan fingerprint density at radius 2 is 0.938 bits per heavy atom. The first kappa shape index (κ1) is 18.8. The van der Waals surface area contributed by atoms with E-state index in [1.165, 1.54) is 44.1 Å². The van der Waals surface area contributed by atoms with Gasteiger partial charge in [-0.15, -0.1) is 0 Å². The molecular weight excluding hydrogens is 384 g/mol. The highest BCUT2D eigenvalue weighted by Crippen LogP contribution is 2.66. The lowest BCUT2D eigenvalue weighted by Gasteiger charge is -2.61. The summed E-state index contributed by atoms with van der Waals surface area (Å²) in [5.74, 6) is 6.08. The largest absolute Gasteiger partial charge is 0.0622 e. The number of rotatable bonds is 3. The van der Waals surface area contributed by atoms with Gasteiger partial charge in [-0.05, 0) is 146 Å². The summed E-state index contributed by atoms with van der Waals surface area (Å²) in [6.45, 7) is 0. The first-order valence-corrected chi connectivity index (χ1v) is 13.9. The summed E-state index contributed by atoms with van der Waals surface area (Å²) < 4.78 is 0. The third-order valence-electron chi connectivity index (χ3n) is 11.3. The minimum absolute atomic E-state index is 0.472. The summed E-state index contributed by atoms with van der Waals surface area (Å²) >= 11 is 0. The Balaban J connectivity index is 1.36. The van der Waals surface area contributed by atoms with Gasteiger partial charge in [-0.1, -0.05) is 48.5 Å². The fourth-order valence-corrected chi connectivity index (χ4v) is 11.3. The summed E-state index contributed by atoms with van der Waals surface area (Å²) in [6.07, 6.45) is 18.2. The third-order valence-corrected chi connectivity index (χ3v) is 11.3. The van der Waals surface area contributed by atoms with Crippen LogP contribution in [0.1, 0.15) is 88.2 Å². The predicted molar refractivity (Wildman–Crippen MR) is 132 cm³/mol. The summed E-state index contributed by atoms with van der Waals surface area (Å²) in [6, 6.07) is 19.1. The lowest BCUT2D eigenvalue weighted by atomic mass is 9.43. The van der Waals surface area contributed by atoms with Crippen LogP contribution in [0.15, 0.2) is 48.5 Å². The number of hydrogen-bond donors (Lipinski definition) is 0. The molecule has 0 saturated heterocycles. The Kier molecular flexibility index (Phi) is 3.83. The standard InChI is InChI=1S/C32H38/c1-2-5-27(6-3-1)28-7-4-8-29(31-15-21-9-22(16-31)11-23(10-21)17-31)30(28)32-18-24-12-25(19-32)14-26(13-24)20-32/h1-8,21-26H,9-20H2. The maximum atomic E-state index is 2.65. The van der Waals surface area contributed by atoms with Gasteiger partial charge in [0.2, 0.25) is 0 Å². The minimum atomic E-state index is 0.472. The van der Waals surface area contributed by atoms with Gasteiger partial charge in [-0.25, -0.2) is 0 Å². The topological polar surface area (TPSA) is 0 Å². The van der Waals surface area contributed by atoms with Crippen molar-refractivity contribution < 1.29 is 0 Å². The molecule has 0 spiro atoms. The van der Waals surface area contributed by atoms with Crippen LogP contribution in [0.3, 0.4) is 0 Å². The van der Waals surface area contributed by atoms with Crippen LogP contribution in [-0.2, 0) is 10.8 Å². The molecule has 166 valence electrons. The summed E-state index contributed by atoms with van der Waals surface area (Å²) in [4.78, 5) is 0. The van der Waals surface area contributed by atoms with Gasteiger partial charge >= 0.3 is 0 Å². The highest BCUT2D eigenvalue weighted by Gasteiger charge is 2.57. The molecule has 0 radical (unpaired) electrons. The van der Waals surface area contributed by atoms with Crippen LogP contribution in [0.4, 0.5) is 0 Å². The normalized spacial score (nSPS) is 45.5. The fourth-order valence-electron chi connectivity index (χ4n) is 11.3. The van der Waals surface area contributed by atoms with Gasteiger partial charge in [-0.3, -0.25) is 0 Å². The average Bonchev–Trinajstić information content (AvgIpc) is 2.77. The van der Waals surface area contributed by atoms with E-state index in [0.29, 0.717) is 10.8 Å². The zero-order chi connectivity index (χ0) is 20.9. The van der Waals surface area contributed by atoms with Crippen LogP contribution in [0, 0.1) is 35.5 Å². The Hall–Kier alpha value is -1.56. The molecule has 0 amide bonds. The molecule has 0 atom stereocenters. The Morgan fingerprint density at radius 3 is 1.44 bits per heavy atom. The molecule has 0 aliphatic heterocycles. The molecule has 0 nitrogen and oxygen atoms in total. The van der Waals surface area contributed by atoms with Crippen molar-refractivity contribution >= 4 is 0 Å². The second-order valence-corrected chi connectivity index (χ2v) is 13.5. The first-order chi connectivity index (χ1) is 15.7. The fraction of sp³-hybridized carbons (Fsp3) is 0.625. The minimum Gasteiger partial charge on any atom is -0.0622 e. The van der Waals surface area contributed by atoms with Crippen molar-refractivity contribution in [2.75, 3.05) is 0 Å². The molecule has 8 aliphatic rings. The van der Waals surface area contributed by atoms with Crippen molar-refractivity contribution in [3.8, 4) is 11.1 Å². The van der Waals surface area contributed by atoms with Gasteiger partial charge < -0.3 is 0 Å². The van der Waals surface area contributed by atoms with Crippen molar-refractivity contribution in [3.05, 3.63) is 59.7 Å². The van der Waals surface area contributed by atoms with Gasteiger partial charge in [0.25, 0.3) is 0 Å². The van der Waals surface area contributed by atoms with E-state index in [1.54, 1.807) is 44.1 Å². The van der Waals surface area contributed by atoms with Crippen molar-refractivity contribution in [1.29, 1.82) is 0 Å². The van der Waals surface area contributed by atoms with Crippen molar-refractivity contribution in [2.24, 2.45) is 35.5 Å². The SMILES string of the molecule is c1ccc(-c2cccc(C34CC5CC(CC(C5)C3)C4)c2C23CC4CC(CC(C4)C2)C3)cc1. The van der Waals surface area contributed by atoms with Gasteiger partial charge in [0, 0.05) is 0 Å². The first-order valence-electron chi connectivity index (χ1n) is 13.9. The maximum absolute atomic E-state index is 2.65. The van der Waals surface area contributed by atoms with Crippen molar-refractivity contribution in [1.82, 2.24) is 0 Å². The monoisotopic (exact) mass is 422 g/mol. The smallest absolute Gasteiger partial charge is 0.00300 e. The van der Waals surface area contributed by atoms with Crippen LogP contribution in [0.25, 0.3) is 11.1 Å². The lowest BCUT2D eigenvalue weighted by Crippen LogP contribution is -2.52. The van der Waals surface area contributed by atoms with Crippen molar-refractivity contribution in [2.45, 2.75) is 87.9 Å². The molecule has 0 unspecified atom stereocenters. The second-order valence-electron chi connectivity index (χ2n) is 13.5. The predicted octanol–water partition coefficient (Wildman–Crippen LogP) is 8.29. The molecule has 32 heavy (non-hydrogen) atoms. The molecule has 0 aromatic heterocycles. The van der Waals surface area contributed by atoms with E-state index in [2.05, 4.69) is 48.5 Å². The van der Waals surface area contributed by atoms with E-state index >= 15 is 0 Å². The molecule has 0 heterocycles. The second kappa shape index (κ2) is 6.52. The van der Waals surface area contributed by atoms with Crippen LogP contribution >= 0.6 is 0 Å². The van der Waals surface area contributed by atoms with Gasteiger partial charge in [0.05, 0.1) is 0 Å². The van der Waals surface area contributed by atoms with E-state index in [-0.39, 0.29) is 0 Å². The molecule has 2 aromatic rings. The molecule has 8 bridgehead atoms. The van der Waals surface area contributed by atoms with Crippen LogP contribution < -0.4 is 0 Å². The number of hydrogen-bond acceptors (Lipinski definition) is 0. The zero-order valence-electron chi connectivity index (χ0n) is 19.6. The molecule has 10 rings (SSSR count). The molecule has 8 saturated carbocycles. The molecular formula is C32H38. The molecule has 8 aliphatic carbocycles. The highest BCUT2D eigenvalue weighted by atomic mass is 14.6. The van der Waals surface area contributed by atoms with Gasteiger partial charge in [0.15, 0.2) is 0 Å². The quantitative estimate of drug-likeness (QED) is 0.467. The zero-order valence-corrected chi connectivity index (χ0v) is 19.6. The average molecular weight is 423 g/mol. The van der Waals surface area contributed by atoms with Crippen LogP contribution in [0.5, 0.6) is 0 Å². The van der Waals surface area contributed by atoms with Crippen molar-refractivity contribution in [3.63, 3.8) is 0 Å². The molecule has 0 heteroatoms. The van der Waals surface area contributed by atoms with E-state index < -0.39 is 0 Å². The lowest BCUT2D eigenvalue weighted by molar-refractivity contribution is -0.0172. The Labute approximate surface area is 194 Å². The molecule has 0 N–H and O–H groups in total. The number of benzene rings is 2. The summed E-state index contributed by atoms with van der Waals surface area (Å²) in [7, 11) is 0. The molecule has 8 fully saturated rings. The highest BCUT2D eigenvalue weighted by molar-refractivity contribution is 5.72. The van der Waals surface area contributed by atoms with Crippen LogP contribution in [-0.4, -0.2) is 0 Å². The van der Waals surface area contributed by atoms with Crippen LogP contribution in [0.2, 0.25) is 0 Å². The Bertz CT molecular complexity index is 972. The third kappa shape index (κ3) is 2.62. The van der Waals surface area contributed by atoms with Gasteiger partial charge in [0.1, 0.15) is 0 Å². The summed E-state index contributed by atoms with van der Waals surface area (Å²) in [5, 5.41) is 0. The van der Waals surface area contributed by atoms with Gasteiger partial charge in [-0.2, -0.15) is 0 Å². The van der Waals surface area contributed by atoms with E-state index in [1.807, 2.05) is 11.1 Å². The summed E-state index contributed by atoms with van der Waals surface area (Å²) in [5.41, 5.74) is 7.77. The van der Waals surface area contributed by atoms with E-state index in [0.717, 1.165) is 35.5 Å². The maximum Gasteiger partial charge on any atom is -0.00300 e. The molecule has 2 aromatic carbocycles. The Morgan fingerprint density at radius 1 is 0.469 bits per heavy atom. The van der Waals surface area contributed by atoms with E-state index in [4.69, 9.17) is 0 Å².